The first kappa shape index (κ1) is 21.9. The lowest BCUT2D eigenvalue weighted by atomic mass is 10.1. The highest BCUT2D eigenvalue weighted by atomic mass is 32.2. The molecule has 0 bridgehead atoms. The monoisotopic (exact) mass is 386 g/mol. The Kier molecular flexibility index (Phi) is 7.16. The van der Waals surface area contributed by atoms with Crippen LogP contribution < -0.4 is 0 Å². The summed E-state index contributed by atoms with van der Waals surface area (Å²) < 4.78 is 31.4. The van der Waals surface area contributed by atoms with Gasteiger partial charge in [-0.05, 0) is 52.6 Å². The lowest BCUT2D eigenvalue weighted by Crippen LogP contribution is -2.44. The van der Waals surface area contributed by atoms with Crippen LogP contribution in [-0.4, -0.2) is 67.6 Å². The van der Waals surface area contributed by atoms with Crippen LogP contribution in [0.2, 0.25) is 0 Å². The van der Waals surface area contributed by atoms with E-state index in [2.05, 4.69) is 0 Å². The molecule has 0 saturated carbocycles. The number of nitrogens with zero attached hydrogens (tertiary/aromatic N) is 2. The molecule has 1 aromatic rings. The molecule has 8 nitrogen and oxygen atoms in total. The number of likely N-dealkylation sites (N-methyl/N-ethyl adjacent to an activating group) is 1. The Morgan fingerprint density at radius 3 is 2.04 bits per heavy atom. The van der Waals surface area contributed by atoms with E-state index in [1.54, 1.807) is 39.8 Å². The van der Waals surface area contributed by atoms with Gasteiger partial charge < -0.3 is 14.7 Å². The predicted octanol–water partition coefficient (Wildman–Crippen LogP) is 2.01. The van der Waals surface area contributed by atoms with Crippen molar-refractivity contribution in [1.82, 2.24) is 9.21 Å². The zero-order valence-corrected chi connectivity index (χ0v) is 16.5. The molecule has 0 aromatic heterocycles. The summed E-state index contributed by atoms with van der Waals surface area (Å²) >= 11 is 0. The smallest absolute Gasteiger partial charge is 0.424 e. The lowest BCUT2D eigenvalue weighted by molar-refractivity contribution is 0.0384. The van der Waals surface area contributed by atoms with Gasteiger partial charge in [-0.25, -0.2) is 22.3 Å². The number of hydrogen-bond donors (Lipinski definition) is 1. The van der Waals surface area contributed by atoms with Crippen LogP contribution in [0.1, 0.15) is 36.7 Å². The molecule has 0 saturated heterocycles. The zero-order valence-electron chi connectivity index (χ0n) is 15.7. The number of ether oxygens (including phenoxy) is 1. The van der Waals surface area contributed by atoms with E-state index in [1.807, 2.05) is 0 Å². The summed E-state index contributed by atoms with van der Waals surface area (Å²) in [6.07, 6.45) is -0.929. The first-order valence-electron chi connectivity index (χ1n) is 8.02. The minimum Gasteiger partial charge on any atom is -0.478 e. The average molecular weight is 386 g/mol. The number of carbonyl (C=O) groups is 2. The fraction of sp³-hybridized carbons (Fsp3) is 0.529. The maximum Gasteiger partial charge on any atom is 0.424 e. The molecule has 26 heavy (non-hydrogen) atoms. The van der Waals surface area contributed by atoms with Crippen LogP contribution in [0.15, 0.2) is 24.3 Å². The number of rotatable bonds is 7. The minimum absolute atomic E-state index is 0.0442. The molecular formula is C17H26N2O6S. The van der Waals surface area contributed by atoms with Crippen molar-refractivity contribution in [1.29, 1.82) is 0 Å². The van der Waals surface area contributed by atoms with Crippen molar-refractivity contribution in [3.8, 4) is 0 Å². The van der Waals surface area contributed by atoms with Crippen LogP contribution >= 0.6 is 0 Å². The molecule has 0 radical (unpaired) electrons. The van der Waals surface area contributed by atoms with E-state index in [0.717, 1.165) is 4.31 Å². The van der Waals surface area contributed by atoms with Crippen molar-refractivity contribution in [3.63, 3.8) is 0 Å². The fourth-order valence-corrected chi connectivity index (χ4v) is 3.37. The van der Waals surface area contributed by atoms with Crippen molar-refractivity contribution < 1.29 is 27.9 Å². The molecule has 0 aliphatic carbocycles. The fourth-order valence-electron chi connectivity index (χ4n) is 1.98. The second-order valence-electron chi connectivity index (χ2n) is 7.11. The van der Waals surface area contributed by atoms with Crippen LogP contribution in [-0.2, 0) is 20.5 Å². The van der Waals surface area contributed by atoms with Crippen LogP contribution in [0, 0.1) is 0 Å². The summed E-state index contributed by atoms with van der Waals surface area (Å²) in [6, 6.07) is 5.48. The Bertz CT molecular complexity index is 736. The second kappa shape index (κ2) is 8.50. The Morgan fingerprint density at radius 1 is 1.08 bits per heavy atom. The lowest BCUT2D eigenvalue weighted by Gasteiger charge is -2.27. The third-order valence-corrected chi connectivity index (χ3v) is 4.93. The highest BCUT2D eigenvalue weighted by molar-refractivity contribution is 7.88. The third-order valence-electron chi connectivity index (χ3n) is 3.23. The van der Waals surface area contributed by atoms with Gasteiger partial charge in [0.25, 0.3) is 0 Å². The maximum absolute atomic E-state index is 12.7. The molecule has 0 atom stereocenters. The number of hydrogen-bond acceptors (Lipinski definition) is 6. The van der Waals surface area contributed by atoms with E-state index in [0.29, 0.717) is 12.1 Å². The summed E-state index contributed by atoms with van der Waals surface area (Å²) in [5.74, 6) is -1.53. The van der Waals surface area contributed by atoms with E-state index in [4.69, 9.17) is 9.84 Å². The number of aromatic carboxylic acids is 1. The third kappa shape index (κ3) is 7.01. The molecule has 146 valence electrons. The molecule has 0 heterocycles. The standard InChI is InChI=1S/C17H26N2O6S/c1-17(2,3)25-16(22)19(11-10-18(4)5)26(23,24)12-13-6-8-14(9-7-13)15(20)21/h6-9H,10-12H2,1-5H3,(H,20,21). The van der Waals surface area contributed by atoms with Gasteiger partial charge in [0.2, 0.25) is 10.0 Å². The quantitative estimate of drug-likeness (QED) is 0.764. The summed E-state index contributed by atoms with van der Waals surface area (Å²) in [4.78, 5) is 25.0. The molecule has 1 aromatic carbocycles. The number of carboxylic acid groups (broad SMARTS) is 1. The van der Waals surface area contributed by atoms with E-state index in [-0.39, 0.29) is 12.1 Å². The van der Waals surface area contributed by atoms with Crippen LogP contribution in [0.5, 0.6) is 0 Å². The predicted molar refractivity (Wildman–Crippen MR) is 97.5 cm³/mol. The number of amides is 1. The van der Waals surface area contributed by atoms with Gasteiger partial charge >= 0.3 is 12.1 Å². The van der Waals surface area contributed by atoms with Crippen molar-refractivity contribution in [3.05, 3.63) is 35.4 Å². The van der Waals surface area contributed by atoms with Crippen molar-refractivity contribution in [2.24, 2.45) is 0 Å². The highest BCUT2D eigenvalue weighted by Crippen LogP contribution is 2.17. The molecule has 1 amide bonds. The Hall–Kier alpha value is -2.13. The summed E-state index contributed by atoms with van der Waals surface area (Å²) in [6.45, 7) is 5.28. The van der Waals surface area contributed by atoms with Gasteiger partial charge in [-0.3, -0.25) is 0 Å². The Labute approximate surface area is 154 Å². The normalized spacial score (nSPS) is 12.1. The summed E-state index contributed by atoms with van der Waals surface area (Å²) in [5.41, 5.74) is -0.386. The molecule has 0 unspecified atom stereocenters. The second-order valence-corrected chi connectivity index (χ2v) is 9.01. The molecule has 0 fully saturated rings. The first-order chi connectivity index (χ1) is 11.8. The van der Waals surface area contributed by atoms with E-state index in [1.165, 1.54) is 24.3 Å². The van der Waals surface area contributed by atoms with Crippen LogP contribution in [0.3, 0.4) is 0 Å². The van der Waals surface area contributed by atoms with Crippen LogP contribution in [0.25, 0.3) is 0 Å². The molecule has 0 aliphatic heterocycles. The number of carboxylic acids is 1. The topological polar surface area (TPSA) is 104 Å². The van der Waals surface area contributed by atoms with E-state index >= 15 is 0 Å². The Balaban J connectivity index is 3.04. The first-order valence-corrected chi connectivity index (χ1v) is 9.63. The van der Waals surface area contributed by atoms with Gasteiger partial charge in [0.1, 0.15) is 5.60 Å². The Morgan fingerprint density at radius 2 is 1.62 bits per heavy atom. The number of carbonyl (C=O) groups excluding carboxylic acids is 1. The van der Waals surface area contributed by atoms with E-state index in [9.17, 15) is 18.0 Å². The molecule has 1 N–H and O–H groups in total. The van der Waals surface area contributed by atoms with Crippen molar-refractivity contribution in [2.75, 3.05) is 27.2 Å². The molecule has 0 aliphatic rings. The van der Waals surface area contributed by atoms with Crippen LogP contribution in [0.4, 0.5) is 4.79 Å². The average Bonchev–Trinajstić information content (AvgIpc) is 2.44. The van der Waals surface area contributed by atoms with E-state index < -0.39 is 33.4 Å². The van der Waals surface area contributed by atoms with Gasteiger partial charge in [0.15, 0.2) is 0 Å². The maximum atomic E-state index is 12.7. The number of sulfonamides is 1. The van der Waals surface area contributed by atoms with Gasteiger partial charge in [-0.15, -0.1) is 0 Å². The van der Waals surface area contributed by atoms with Crippen molar-refractivity contribution in [2.45, 2.75) is 32.1 Å². The molecule has 9 heteroatoms. The number of benzene rings is 1. The van der Waals surface area contributed by atoms with Gasteiger partial charge in [0, 0.05) is 6.54 Å². The van der Waals surface area contributed by atoms with Gasteiger partial charge in [-0.1, -0.05) is 12.1 Å². The van der Waals surface area contributed by atoms with Crippen molar-refractivity contribution >= 4 is 22.1 Å². The van der Waals surface area contributed by atoms with Gasteiger partial charge in [-0.2, -0.15) is 0 Å². The highest BCUT2D eigenvalue weighted by Gasteiger charge is 2.31. The molecular weight excluding hydrogens is 360 g/mol. The molecule has 0 spiro atoms. The summed E-state index contributed by atoms with van der Waals surface area (Å²) in [7, 11) is -0.454. The SMILES string of the molecule is CN(C)CCN(C(=O)OC(C)(C)C)S(=O)(=O)Cc1ccc(C(=O)O)cc1. The summed E-state index contributed by atoms with van der Waals surface area (Å²) in [5, 5.41) is 8.91. The van der Waals surface area contributed by atoms with Gasteiger partial charge in [0.05, 0.1) is 17.9 Å². The minimum atomic E-state index is -3.99. The zero-order chi connectivity index (χ0) is 20.1. The largest absolute Gasteiger partial charge is 0.478 e. The molecule has 1 rings (SSSR count).